The van der Waals surface area contributed by atoms with Crippen molar-refractivity contribution in [2.24, 2.45) is 0 Å². The smallest absolute Gasteiger partial charge is 0.267 e. The van der Waals surface area contributed by atoms with Gasteiger partial charge in [0, 0.05) is 5.69 Å². The van der Waals surface area contributed by atoms with E-state index in [1.165, 1.54) is 6.07 Å². The highest BCUT2D eigenvalue weighted by Crippen LogP contribution is 2.24. The number of phenolic OH excluding ortho intramolecular Hbond substituents is 1. The molecule has 1 heterocycles. The average molecular weight is 263 g/mol. The van der Waals surface area contributed by atoms with E-state index in [1.54, 1.807) is 19.1 Å². The van der Waals surface area contributed by atoms with Gasteiger partial charge in [0.25, 0.3) is 5.91 Å². The fourth-order valence-electron chi connectivity index (χ4n) is 1.60. The summed E-state index contributed by atoms with van der Waals surface area (Å²) in [5.41, 5.74) is 7.62. The van der Waals surface area contributed by atoms with Crippen LogP contribution in [0.4, 0.5) is 10.8 Å². The van der Waals surface area contributed by atoms with Crippen LogP contribution in [0.3, 0.4) is 0 Å². The molecule has 0 bridgehead atoms. The van der Waals surface area contributed by atoms with Crippen LogP contribution in [-0.4, -0.2) is 16.0 Å². The maximum absolute atomic E-state index is 12.0. The normalized spacial score (nSPS) is 10.3. The van der Waals surface area contributed by atoms with E-state index in [-0.39, 0.29) is 11.7 Å². The molecule has 0 fully saturated rings. The molecule has 4 N–H and O–H groups in total. The van der Waals surface area contributed by atoms with Crippen molar-refractivity contribution >= 4 is 28.1 Å². The number of anilines is 2. The van der Waals surface area contributed by atoms with Crippen molar-refractivity contribution in [3.05, 3.63) is 34.3 Å². The summed E-state index contributed by atoms with van der Waals surface area (Å²) in [4.78, 5) is 16.5. The monoisotopic (exact) mass is 263 g/mol. The highest BCUT2D eigenvalue weighted by Gasteiger charge is 2.15. The van der Waals surface area contributed by atoms with E-state index in [9.17, 15) is 9.90 Å². The maximum atomic E-state index is 12.0. The quantitative estimate of drug-likeness (QED) is 0.725. The number of nitrogens with one attached hydrogen (secondary N) is 1. The first kappa shape index (κ1) is 12.4. The molecular formula is C12H13N3O2S. The Hall–Kier alpha value is -2.08. The van der Waals surface area contributed by atoms with E-state index >= 15 is 0 Å². The van der Waals surface area contributed by atoms with Crippen LogP contribution in [0.1, 0.15) is 20.9 Å². The van der Waals surface area contributed by atoms with Crippen molar-refractivity contribution in [2.45, 2.75) is 13.8 Å². The van der Waals surface area contributed by atoms with Crippen LogP contribution in [-0.2, 0) is 0 Å². The molecule has 0 atom stereocenters. The molecule has 5 nitrogen and oxygen atoms in total. The second-order valence-corrected chi connectivity index (χ2v) is 4.95. The summed E-state index contributed by atoms with van der Waals surface area (Å²) >= 11 is 1.16. The molecule has 1 aromatic heterocycles. The standard InChI is InChI=1S/C12H13N3O2S/c1-6-5-8(16)3-4-9(6)15-11(17)10-7(2)14-12(13)18-10/h3-5,16H,1-2H3,(H2,13,14)(H,15,17). The summed E-state index contributed by atoms with van der Waals surface area (Å²) in [6.45, 7) is 3.55. The lowest BCUT2D eigenvalue weighted by Gasteiger charge is -2.07. The third-order valence-corrected chi connectivity index (χ3v) is 3.46. The van der Waals surface area contributed by atoms with Crippen molar-refractivity contribution < 1.29 is 9.90 Å². The van der Waals surface area contributed by atoms with Gasteiger partial charge in [0.2, 0.25) is 0 Å². The number of aryl methyl sites for hydroxylation is 2. The van der Waals surface area contributed by atoms with Crippen LogP contribution in [0.2, 0.25) is 0 Å². The molecule has 0 aliphatic carbocycles. The van der Waals surface area contributed by atoms with Gasteiger partial charge in [-0.3, -0.25) is 4.79 Å². The van der Waals surface area contributed by atoms with Gasteiger partial charge in [-0.1, -0.05) is 11.3 Å². The highest BCUT2D eigenvalue weighted by atomic mass is 32.1. The fraction of sp³-hybridized carbons (Fsp3) is 0.167. The lowest BCUT2D eigenvalue weighted by molar-refractivity contribution is 0.102. The predicted octanol–water partition coefficient (Wildman–Crippen LogP) is 2.30. The number of carbonyl (C=O) groups excluding carboxylic acids is 1. The number of nitrogen functional groups attached to an aromatic ring is 1. The van der Waals surface area contributed by atoms with Crippen LogP contribution in [0, 0.1) is 13.8 Å². The van der Waals surface area contributed by atoms with Gasteiger partial charge in [-0.25, -0.2) is 4.98 Å². The van der Waals surface area contributed by atoms with Crippen molar-refractivity contribution in [1.29, 1.82) is 0 Å². The number of aromatic nitrogens is 1. The first-order chi connectivity index (χ1) is 8.47. The second-order valence-electron chi connectivity index (χ2n) is 3.92. The Morgan fingerprint density at radius 1 is 1.44 bits per heavy atom. The van der Waals surface area contributed by atoms with Crippen LogP contribution in [0.25, 0.3) is 0 Å². The summed E-state index contributed by atoms with van der Waals surface area (Å²) in [7, 11) is 0. The number of rotatable bonds is 2. The van der Waals surface area contributed by atoms with E-state index < -0.39 is 0 Å². The molecule has 0 unspecified atom stereocenters. The number of thiazole rings is 1. The molecule has 94 valence electrons. The van der Waals surface area contributed by atoms with Gasteiger partial charge in [-0.15, -0.1) is 0 Å². The van der Waals surface area contributed by atoms with Crippen LogP contribution in [0.5, 0.6) is 5.75 Å². The largest absolute Gasteiger partial charge is 0.508 e. The van der Waals surface area contributed by atoms with Crippen molar-refractivity contribution in [2.75, 3.05) is 11.1 Å². The lowest BCUT2D eigenvalue weighted by Crippen LogP contribution is -2.12. The number of phenols is 1. The van der Waals surface area contributed by atoms with Gasteiger partial charge >= 0.3 is 0 Å². The first-order valence-corrected chi connectivity index (χ1v) is 6.13. The molecule has 1 aromatic carbocycles. The number of hydrogen-bond donors (Lipinski definition) is 3. The minimum absolute atomic E-state index is 0.170. The van der Waals surface area contributed by atoms with Gasteiger partial charge < -0.3 is 16.2 Å². The number of nitrogens with zero attached hydrogens (tertiary/aromatic N) is 1. The summed E-state index contributed by atoms with van der Waals surface area (Å²) in [6.07, 6.45) is 0. The molecule has 0 spiro atoms. The Bertz CT molecular complexity index is 607. The van der Waals surface area contributed by atoms with Gasteiger partial charge in [0.15, 0.2) is 5.13 Å². The number of aromatic hydroxyl groups is 1. The van der Waals surface area contributed by atoms with Gasteiger partial charge in [-0.05, 0) is 37.6 Å². The zero-order chi connectivity index (χ0) is 13.3. The molecule has 2 rings (SSSR count). The minimum atomic E-state index is -0.240. The highest BCUT2D eigenvalue weighted by molar-refractivity contribution is 7.17. The molecule has 0 saturated carbocycles. The first-order valence-electron chi connectivity index (χ1n) is 5.31. The van der Waals surface area contributed by atoms with E-state index in [0.29, 0.717) is 21.4 Å². The molecule has 6 heteroatoms. The zero-order valence-electron chi connectivity index (χ0n) is 10.0. The van der Waals surface area contributed by atoms with Gasteiger partial charge in [0.1, 0.15) is 10.6 Å². The number of amides is 1. The molecule has 0 aliphatic rings. The Labute approximate surface area is 108 Å². The van der Waals surface area contributed by atoms with E-state index in [1.807, 2.05) is 6.92 Å². The van der Waals surface area contributed by atoms with Gasteiger partial charge in [-0.2, -0.15) is 0 Å². The molecule has 1 amide bonds. The number of carbonyl (C=O) groups is 1. The third kappa shape index (κ3) is 2.43. The van der Waals surface area contributed by atoms with Crippen molar-refractivity contribution in [3.63, 3.8) is 0 Å². The lowest BCUT2D eigenvalue weighted by atomic mass is 10.2. The van der Waals surface area contributed by atoms with Gasteiger partial charge in [0.05, 0.1) is 5.69 Å². The van der Waals surface area contributed by atoms with Crippen LogP contribution < -0.4 is 11.1 Å². The summed E-state index contributed by atoms with van der Waals surface area (Å²) in [6, 6.07) is 4.77. The summed E-state index contributed by atoms with van der Waals surface area (Å²) in [5.74, 6) is -0.0702. The fourth-order valence-corrected chi connectivity index (χ4v) is 2.32. The van der Waals surface area contributed by atoms with E-state index in [2.05, 4.69) is 10.3 Å². The molecule has 0 saturated heterocycles. The number of benzene rings is 1. The Morgan fingerprint density at radius 2 is 2.17 bits per heavy atom. The third-order valence-electron chi connectivity index (χ3n) is 2.48. The zero-order valence-corrected chi connectivity index (χ0v) is 10.8. The molecular weight excluding hydrogens is 250 g/mol. The Kier molecular flexibility index (Phi) is 3.20. The van der Waals surface area contributed by atoms with E-state index in [0.717, 1.165) is 16.9 Å². The predicted molar refractivity (Wildman–Crippen MR) is 72.1 cm³/mol. The molecule has 2 aromatic rings. The minimum Gasteiger partial charge on any atom is -0.508 e. The molecule has 0 radical (unpaired) electrons. The SMILES string of the molecule is Cc1cc(O)ccc1NC(=O)c1sc(N)nc1C. The topological polar surface area (TPSA) is 88.2 Å². The van der Waals surface area contributed by atoms with Crippen LogP contribution >= 0.6 is 11.3 Å². The summed E-state index contributed by atoms with van der Waals surface area (Å²) in [5, 5.41) is 12.4. The van der Waals surface area contributed by atoms with Crippen LogP contribution in [0.15, 0.2) is 18.2 Å². The second kappa shape index (κ2) is 4.66. The average Bonchev–Trinajstić information content (AvgIpc) is 2.62. The molecule has 18 heavy (non-hydrogen) atoms. The number of hydrogen-bond acceptors (Lipinski definition) is 5. The van der Waals surface area contributed by atoms with E-state index in [4.69, 9.17) is 5.73 Å². The number of nitrogens with two attached hydrogens (primary N) is 1. The van der Waals surface area contributed by atoms with Crippen molar-refractivity contribution in [1.82, 2.24) is 4.98 Å². The van der Waals surface area contributed by atoms with Crippen molar-refractivity contribution in [3.8, 4) is 5.75 Å². The Balaban J connectivity index is 2.24. The molecule has 0 aliphatic heterocycles. The Morgan fingerprint density at radius 3 is 2.72 bits per heavy atom. The maximum Gasteiger partial charge on any atom is 0.267 e. The summed E-state index contributed by atoms with van der Waals surface area (Å²) < 4.78 is 0.